The minimum Gasteiger partial charge on any atom is -0.491 e. The lowest BCUT2D eigenvalue weighted by molar-refractivity contribution is -0.119. The smallest absolute Gasteiger partial charge is 0.261 e. The van der Waals surface area contributed by atoms with Crippen LogP contribution in [0.25, 0.3) is 0 Å². The van der Waals surface area contributed by atoms with Crippen molar-refractivity contribution in [3.63, 3.8) is 0 Å². The van der Waals surface area contributed by atoms with E-state index in [4.69, 9.17) is 20.2 Å². The van der Waals surface area contributed by atoms with E-state index in [1.807, 2.05) is 17.0 Å². The summed E-state index contributed by atoms with van der Waals surface area (Å²) in [4.78, 5) is 46.8. The number of guanidine groups is 1. The molecular formula is C24H29N9O4. The molecule has 0 saturated carbocycles. The Balaban J connectivity index is 1.30. The monoisotopic (exact) mass is 507 g/mol. The van der Waals surface area contributed by atoms with Crippen LogP contribution in [0.3, 0.4) is 0 Å². The van der Waals surface area contributed by atoms with Gasteiger partial charge in [0.15, 0.2) is 11.5 Å². The number of ether oxygens (including phenoxy) is 2. The molecule has 0 unspecified atom stereocenters. The van der Waals surface area contributed by atoms with Gasteiger partial charge in [0.2, 0.25) is 18.3 Å². The minimum absolute atomic E-state index is 0.0900. The summed E-state index contributed by atoms with van der Waals surface area (Å²) in [7, 11) is 1.57. The number of nitrogen functional groups attached to an aromatic ring is 1. The van der Waals surface area contributed by atoms with Crippen molar-refractivity contribution in [2.24, 2.45) is 9.98 Å². The molecule has 3 aliphatic rings. The molecule has 5 rings (SSSR count). The van der Waals surface area contributed by atoms with Gasteiger partial charge in [0.1, 0.15) is 11.5 Å². The predicted octanol–water partition coefficient (Wildman–Crippen LogP) is 0.104. The van der Waals surface area contributed by atoms with E-state index in [1.165, 1.54) is 12.4 Å². The normalized spacial score (nSPS) is 16.9. The summed E-state index contributed by atoms with van der Waals surface area (Å²) in [5, 5.41) is 2.84. The molecule has 13 heteroatoms. The van der Waals surface area contributed by atoms with E-state index in [0.29, 0.717) is 48.7 Å². The summed E-state index contributed by atoms with van der Waals surface area (Å²) in [6, 6.07) is 3.78. The maximum Gasteiger partial charge on any atom is 0.261 e. The summed E-state index contributed by atoms with van der Waals surface area (Å²) in [6.07, 6.45) is 4.46. The molecule has 0 spiro atoms. The van der Waals surface area contributed by atoms with Crippen LogP contribution in [0, 0.1) is 0 Å². The van der Waals surface area contributed by atoms with E-state index in [-0.39, 0.29) is 11.5 Å². The zero-order valence-corrected chi connectivity index (χ0v) is 20.6. The molecule has 0 bridgehead atoms. The van der Waals surface area contributed by atoms with Gasteiger partial charge in [-0.25, -0.2) is 15.0 Å². The van der Waals surface area contributed by atoms with Crippen molar-refractivity contribution in [3.8, 4) is 11.5 Å². The fraction of sp³-hybridized carbons (Fsp3) is 0.417. The molecule has 0 aliphatic carbocycles. The van der Waals surface area contributed by atoms with Crippen LogP contribution in [0.4, 0.5) is 11.6 Å². The lowest BCUT2D eigenvalue weighted by atomic mass is 10.1. The van der Waals surface area contributed by atoms with E-state index < -0.39 is 5.91 Å². The Morgan fingerprint density at radius 1 is 1.16 bits per heavy atom. The summed E-state index contributed by atoms with van der Waals surface area (Å²) < 4.78 is 11.8. The van der Waals surface area contributed by atoms with Gasteiger partial charge >= 0.3 is 0 Å². The number of anilines is 1. The van der Waals surface area contributed by atoms with E-state index >= 15 is 0 Å². The third-order valence-corrected chi connectivity index (χ3v) is 6.45. The molecular weight excluding hydrogens is 478 g/mol. The zero-order chi connectivity index (χ0) is 25.8. The van der Waals surface area contributed by atoms with Gasteiger partial charge in [-0.1, -0.05) is 0 Å². The fourth-order valence-electron chi connectivity index (χ4n) is 4.49. The van der Waals surface area contributed by atoms with Crippen LogP contribution in [-0.2, 0) is 4.79 Å². The Kier molecular flexibility index (Phi) is 7.12. The molecule has 3 N–H and O–H groups in total. The Morgan fingerprint density at radius 3 is 2.68 bits per heavy atom. The Labute approximate surface area is 214 Å². The number of amidine groups is 1. The molecule has 2 amide bonds. The van der Waals surface area contributed by atoms with Crippen LogP contribution in [0.15, 0.2) is 34.5 Å². The molecule has 2 aromatic rings. The summed E-state index contributed by atoms with van der Waals surface area (Å²) >= 11 is 0. The quantitative estimate of drug-likeness (QED) is 0.374. The van der Waals surface area contributed by atoms with Crippen LogP contribution in [-0.4, -0.2) is 108 Å². The standard InChI is InChI=1S/C24H29N9O4/c1-36-20-18(37-12-2-6-31-8-10-32(15-34)11-9-31)4-3-17-19(20)29-24(33-7-5-26-21(17)33)30-22(35)16-13-27-23(25)28-14-16/h3-4,13-15H,2,5-12H2,1H3,(H2,25,27,28)(H,29,30,35). The number of piperazine rings is 1. The highest BCUT2D eigenvalue weighted by molar-refractivity contribution is 6.20. The average molecular weight is 508 g/mol. The number of benzene rings is 1. The van der Waals surface area contributed by atoms with Crippen molar-refractivity contribution in [2.45, 2.75) is 6.42 Å². The molecule has 37 heavy (non-hydrogen) atoms. The first-order valence-corrected chi connectivity index (χ1v) is 12.1. The summed E-state index contributed by atoms with van der Waals surface area (Å²) in [5.41, 5.74) is 7.15. The third-order valence-electron chi connectivity index (χ3n) is 6.45. The number of carbonyl (C=O) groups excluding carboxylic acids is 2. The number of hydrogen-bond acceptors (Lipinski definition) is 11. The summed E-state index contributed by atoms with van der Waals surface area (Å²) in [6.45, 7) is 5.80. The Morgan fingerprint density at radius 2 is 1.95 bits per heavy atom. The molecule has 3 aliphatic heterocycles. The molecule has 1 saturated heterocycles. The highest BCUT2D eigenvalue weighted by Gasteiger charge is 2.33. The molecule has 13 nitrogen and oxygen atoms in total. The molecule has 1 aromatic heterocycles. The van der Waals surface area contributed by atoms with Gasteiger partial charge in [-0.3, -0.25) is 29.7 Å². The number of nitrogens with two attached hydrogens (primary N) is 1. The topological polar surface area (TPSA) is 151 Å². The highest BCUT2D eigenvalue weighted by atomic mass is 16.5. The van der Waals surface area contributed by atoms with Gasteiger partial charge in [-0.15, -0.1) is 0 Å². The Bertz CT molecular complexity index is 1220. The van der Waals surface area contributed by atoms with Gasteiger partial charge in [-0.05, 0) is 18.6 Å². The number of hydrogen-bond donors (Lipinski definition) is 2. The maximum atomic E-state index is 12.8. The van der Waals surface area contributed by atoms with Crippen LogP contribution in [0.5, 0.6) is 11.5 Å². The van der Waals surface area contributed by atoms with Gasteiger partial charge in [-0.2, -0.15) is 0 Å². The number of amides is 2. The molecule has 4 heterocycles. The average Bonchev–Trinajstić information content (AvgIpc) is 3.42. The van der Waals surface area contributed by atoms with Crippen molar-refractivity contribution in [3.05, 3.63) is 35.7 Å². The van der Waals surface area contributed by atoms with Gasteiger partial charge in [0.05, 0.1) is 25.8 Å². The van der Waals surface area contributed by atoms with Crippen molar-refractivity contribution in [2.75, 3.05) is 65.3 Å². The van der Waals surface area contributed by atoms with Crippen LogP contribution >= 0.6 is 0 Å². The largest absolute Gasteiger partial charge is 0.491 e. The molecule has 194 valence electrons. The number of nitrogens with one attached hydrogen (secondary N) is 1. The van der Waals surface area contributed by atoms with Crippen LogP contribution in [0.1, 0.15) is 22.3 Å². The van der Waals surface area contributed by atoms with Gasteiger partial charge in [0.25, 0.3) is 5.91 Å². The number of aromatic nitrogens is 2. The van der Waals surface area contributed by atoms with Crippen molar-refractivity contribution >= 4 is 35.7 Å². The minimum atomic E-state index is -0.409. The maximum absolute atomic E-state index is 12.8. The first-order valence-electron chi connectivity index (χ1n) is 12.1. The van der Waals surface area contributed by atoms with Gasteiger partial charge in [0, 0.05) is 57.2 Å². The first-order chi connectivity index (χ1) is 18.1. The number of methoxy groups -OCH3 is 1. The second-order valence-electron chi connectivity index (χ2n) is 8.75. The van der Waals surface area contributed by atoms with Crippen molar-refractivity contribution in [1.29, 1.82) is 0 Å². The van der Waals surface area contributed by atoms with Crippen LogP contribution < -0.4 is 20.5 Å². The Hall–Kier alpha value is -4.26. The number of carbonyl (C=O) groups is 2. The second-order valence-corrected chi connectivity index (χ2v) is 8.75. The lowest BCUT2D eigenvalue weighted by Gasteiger charge is -2.32. The molecule has 0 atom stereocenters. The van der Waals surface area contributed by atoms with Crippen molar-refractivity contribution < 1.29 is 19.1 Å². The van der Waals surface area contributed by atoms with Crippen molar-refractivity contribution in [1.82, 2.24) is 30.0 Å². The van der Waals surface area contributed by atoms with E-state index in [9.17, 15) is 9.59 Å². The predicted molar refractivity (Wildman–Crippen MR) is 136 cm³/mol. The molecule has 1 aromatic carbocycles. The highest BCUT2D eigenvalue weighted by Crippen LogP contribution is 2.43. The number of rotatable bonds is 8. The summed E-state index contributed by atoms with van der Waals surface area (Å²) in [5.74, 6) is 1.79. The fourth-order valence-corrected chi connectivity index (χ4v) is 4.49. The zero-order valence-electron chi connectivity index (χ0n) is 20.6. The lowest BCUT2D eigenvalue weighted by Crippen LogP contribution is -2.47. The number of aliphatic imine (C=N–C) groups is 2. The van der Waals surface area contributed by atoms with E-state index in [2.05, 4.69) is 25.2 Å². The van der Waals surface area contributed by atoms with E-state index in [0.717, 1.165) is 51.1 Å². The number of nitrogens with zero attached hydrogens (tertiary/aromatic N) is 7. The molecule has 0 radical (unpaired) electrons. The SMILES string of the molecule is COc1c(OCCCN2CCN(C=O)CC2)ccc2c1N=C(NC(=O)c1cnc(N)nc1)N1CCN=C21. The van der Waals surface area contributed by atoms with Gasteiger partial charge < -0.3 is 20.1 Å². The van der Waals surface area contributed by atoms with E-state index in [1.54, 1.807) is 12.0 Å². The number of fused-ring (bicyclic) bond motifs is 3. The van der Waals surface area contributed by atoms with Crippen LogP contribution in [0.2, 0.25) is 0 Å². The molecule has 1 fully saturated rings. The first kappa shape index (κ1) is 24.4. The third kappa shape index (κ3) is 5.16. The second kappa shape index (κ2) is 10.8.